The Kier molecular flexibility index (Phi) is 7.25. The Balaban J connectivity index is 1.46. The van der Waals surface area contributed by atoms with E-state index in [9.17, 15) is 9.59 Å². The topological polar surface area (TPSA) is 74.8 Å². The number of amides is 3. The van der Waals surface area contributed by atoms with E-state index in [1.54, 1.807) is 12.0 Å². The number of para-hydroxylation sites is 1. The highest BCUT2D eigenvalue weighted by molar-refractivity contribution is 7.09. The molecule has 2 fully saturated rings. The Morgan fingerprint density at radius 2 is 1.94 bits per heavy atom. The van der Waals surface area contributed by atoms with Crippen LogP contribution in [-0.4, -0.2) is 59.6 Å². The average Bonchev–Trinajstić information content (AvgIpc) is 3.34. The number of rotatable bonds is 7. The molecular weight excluding hydrogens is 460 g/mol. The number of carbonyl (C=O) groups is 2. The van der Waals surface area contributed by atoms with Crippen molar-refractivity contribution < 1.29 is 14.3 Å². The predicted molar refractivity (Wildman–Crippen MR) is 140 cm³/mol. The smallest absolute Gasteiger partial charge is 0.322 e. The van der Waals surface area contributed by atoms with E-state index in [0.717, 1.165) is 47.6 Å². The molecule has 0 radical (unpaired) electrons. The number of nitrogens with zero attached hydrogens (tertiary/aromatic N) is 3. The van der Waals surface area contributed by atoms with Crippen molar-refractivity contribution in [3.63, 3.8) is 0 Å². The number of hydrogen-bond acceptors (Lipinski definition) is 5. The molecule has 2 aliphatic rings. The van der Waals surface area contributed by atoms with Gasteiger partial charge in [0.1, 0.15) is 10.7 Å². The third kappa shape index (κ3) is 5.70. The molecule has 7 nitrogen and oxygen atoms in total. The van der Waals surface area contributed by atoms with Crippen molar-refractivity contribution in [1.29, 1.82) is 0 Å². The summed E-state index contributed by atoms with van der Waals surface area (Å²) in [5.41, 5.74) is 3.78. The van der Waals surface area contributed by atoms with Crippen molar-refractivity contribution in [2.45, 2.75) is 66.5 Å². The van der Waals surface area contributed by atoms with Gasteiger partial charge in [-0.2, -0.15) is 0 Å². The third-order valence-corrected chi connectivity index (χ3v) is 8.17. The van der Waals surface area contributed by atoms with Crippen LogP contribution in [0.3, 0.4) is 0 Å². The second-order valence-electron chi connectivity index (χ2n) is 11.4. The summed E-state index contributed by atoms with van der Waals surface area (Å²) in [6.45, 7) is 12.9. The Morgan fingerprint density at radius 3 is 2.63 bits per heavy atom. The van der Waals surface area contributed by atoms with Gasteiger partial charge in [0, 0.05) is 37.3 Å². The lowest BCUT2D eigenvalue weighted by Gasteiger charge is -2.39. The number of fused-ring (bicyclic) bond motifs is 2. The minimum absolute atomic E-state index is 0.0161. The van der Waals surface area contributed by atoms with Gasteiger partial charge in [-0.3, -0.25) is 4.79 Å². The molecule has 1 aromatic heterocycles. The molecule has 2 bridgehead atoms. The van der Waals surface area contributed by atoms with Crippen LogP contribution in [0.2, 0.25) is 0 Å². The first kappa shape index (κ1) is 25.6. The van der Waals surface area contributed by atoms with Gasteiger partial charge < -0.3 is 19.9 Å². The van der Waals surface area contributed by atoms with E-state index in [4.69, 9.17) is 4.74 Å². The van der Waals surface area contributed by atoms with Crippen molar-refractivity contribution in [3.05, 3.63) is 45.4 Å². The molecule has 190 valence electrons. The first-order valence-electron chi connectivity index (χ1n) is 12.4. The number of urea groups is 1. The number of methoxy groups -OCH3 is 1. The highest BCUT2D eigenvalue weighted by Crippen LogP contribution is 2.52. The Hall–Kier alpha value is -2.45. The van der Waals surface area contributed by atoms with E-state index in [1.165, 1.54) is 11.3 Å². The van der Waals surface area contributed by atoms with E-state index >= 15 is 0 Å². The number of hydrogen-bond donors (Lipinski definition) is 1. The second kappa shape index (κ2) is 9.90. The minimum Gasteiger partial charge on any atom is -0.383 e. The van der Waals surface area contributed by atoms with Crippen LogP contribution in [0.5, 0.6) is 0 Å². The molecule has 2 unspecified atom stereocenters. The van der Waals surface area contributed by atoms with Gasteiger partial charge in [0.15, 0.2) is 0 Å². The summed E-state index contributed by atoms with van der Waals surface area (Å²) < 4.78 is 5.24. The summed E-state index contributed by atoms with van der Waals surface area (Å²) in [7, 11) is 1.62. The zero-order chi connectivity index (χ0) is 25.4. The maximum atomic E-state index is 13.4. The summed E-state index contributed by atoms with van der Waals surface area (Å²) in [5.74, 6) is 0.0161. The molecule has 2 aromatic rings. The summed E-state index contributed by atoms with van der Waals surface area (Å²) in [5, 5.41) is 5.64. The molecule has 0 spiro atoms. The number of aromatic nitrogens is 1. The van der Waals surface area contributed by atoms with Crippen LogP contribution in [0.1, 0.15) is 66.7 Å². The van der Waals surface area contributed by atoms with Crippen LogP contribution < -0.4 is 5.32 Å². The van der Waals surface area contributed by atoms with Crippen molar-refractivity contribution >= 4 is 29.0 Å². The highest BCUT2D eigenvalue weighted by Gasteiger charge is 2.51. The molecule has 1 saturated heterocycles. The van der Waals surface area contributed by atoms with Gasteiger partial charge in [-0.25, -0.2) is 9.78 Å². The molecule has 3 amide bonds. The quantitative estimate of drug-likeness (QED) is 0.548. The lowest BCUT2D eigenvalue weighted by Crippen LogP contribution is -2.38. The van der Waals surface area contributed by atoms with Crippen LogP contribution in [0.15, 0.2) is 23.6 Å². The zero-order valence-corrected chi connectivity index (χ0v) is 22.6. The van der Waals surface area contributed by atoms with E-state index < -0.39 is 0 Å². The first-order chi connectivity index (χ1) is 16.5. The molecule has 1 saturated carbocycles. The van der Waals surface area contributed by atoms with Gasteiger partial charge in [-0.05, 0) is 55.1 Å². The molecule has 2 heterocycles. The molecule has 8 heteroatoms. The molecule has 4 rings (SSSR count). The molecular formula is C27H38N4O3S. The average molecular weight is 499 g/mol. The van der Waals surface area contributed by atoms with Gasteiger partial charge in [0.2, 0.25) is 0 Å². The van der Waals surface area contributed by atoms with Crippen LogP contribution >= 0.6 is 11.3 Å². The number of carbonyl (C=O) groups excluding carboxylic acids is 2. The maximum Gasteiger partial charge on any atom is 0.322 e. The molecule has 35 heavy (non-hydrogen) atoms. The van der Waals surface area contributed by atoms with Gasteiger partial charge >= 0.3 is 6.03 Å². The van der Waals surface area contributed by atoms with Gasteiger partial charge in [0.25, 0.3) is 5.91 Å². The summed E-state index contributed by atoms with van der Waals surface area (Å²) in [4.78, 5) is 35.0. The molecule has 2 atom stereocenters. The SMILES string of the molecule is COCCN(Cc1nc(C(=O)N2CC3(C)CC2CC(C)(C)C3)cs1)C(=O)Nc1c(C)cccc1C. The monoisotopic (exact) mass is 498 g/mol. The fraction of sp³-hybridized carbons (Fsp3) is 0.593. The number of ether oxygens (including phenoxy) is 1. The Labute approximate surface area is 212 Å². The van der Waals surface area contributed by atoms with Gasteiger partial charge in [-0.1, -0.05) is 39.0 Å². The normalized spacial score (nSPS) is 22.8. The standard InChI is InChI=1S/C27H38N4O3S/c1-18-8-7-9-19(2)23(18)29-25(33)30(10-11-34-6)14-22-28-21(15-35-22)24(32)31-17-27(5)13-20(31)12-26(3,4)16-27/h7-9,15,20H,10-14,16-17H2,1-6H3,(H,29,33). The van der Waals surface area contributed by atoms with Crippen LogP contribution in [0.4, 0.5) is 10.5 Å². The van der Waals surface area contributed by atoms with Crippen LogP contribution in [0.25, 0.3) is 0 Å². The van der Waals surface area contributed by atoms with Crippen LogP contribution in [0, 0.1) is 24.7 Å². The van der Waals surface area contributed by atoms with Gasteiger partial charge in [-0.15, -0.1) is 11.3 Å². The van der Waals surface area contributed by atoms with E-state index in [-0.39, 0.29) is 28.8 Å². The molecule has 1 aromatic carbocycles. The lowest BCUT2D eigenvalue weighted by atomic mass is 9.65. The first-order valence-corrected chi connectivity index (χ1v) is 13.2. The number of benzene rings is 1. The largest absolute Gasteiger partial charge is 0.383 e. The number of thiazole rings is 1. The maximum absolute atomic E-state index is 13.4. The fourth-order valence-corrected chi connectivity index (χ4v) is 6.92. The molecule has 1 aliphatic heterocycles. The second-order valence-corrected chi connectivity index (χ2v) is 12.3. The number of nitrogens with one attached hydrogen (secondary N) is 1. The van der Waals surface area contributed by atoms with E-state index in [1.807, 2.05) is 42.3 Å². The summed E-state index contributed by atoms with van der Waals surface area (Å²) in [6, 6.07) is 6.02. The van der Waals surface area contributed by atoms with Gasteiger partial charge in [0.05, 0.1) is 13.2 Å². The van der Waals surface area contributed by atoms with Crippen molar-refractivity contribution in [2.75, 3.05) is 32.1 Å². The Morgan fingerprint density at radius 1 is 1.23 bits per heavy atom. The fourth-order valence-electron chi connectivity index (χ4n) is 6.14. The van der Waals surface area contributed by atoms with Crippen LogP contribution in [-0.2, 0) is 11.3 Å². The zero-order valence-electron chi connectivity index (χ0n) is 21.8. The minimum atomic E-state index is -0.203. The number of aryl methyl sites for hydroxylation is 2. The lowest BCUT2D eigenvalue weighted by molar-refractivity contribution is 0.0703. The van der Waals surface area contributed by atoms with E-state index in [2.05, 4.69) is 31.1 Å². The summed E-state index contributed by atoms with van der Waals surface area (Å²) in [6.07, 6.45) is 3.25. The highest BCUT2D eigenvalue weighted by atomic mass is 32.1. The third-order valence-electron chi connectivity index (χ3n) is 7.34. The Bertz CT molecular complexity index is 1080. The van der Waals surface area contributed by atoms with E-state index in [0.29, 0.717) is 25.4 Å². The van der Waals surface area contributed by atoms with Crippen molar-refractivity contribution in [1.82, 2.24) is 14.8 Å². The van der Waals surface area contributed by atoms with Crippen molar-refractivity contribution in [3.8, 4) is 0 Å². The number of likely N-dealkylation sites (tertiary alicyclic amines) is 1. The molecule has 1 aliphatic carbocycles. The summed E-state index contributed by atoms with van der Waals surface area (Å²) >= 11 is 1.43. The molecule has 1 N–H and O–H groups in total. The number of anilines is 1. The van der Waals surface area contributed by atoms with Crippen molar-refractivity contribution in [2.24, 2.45) is 10.8 Å². The predicted octanol–water partition coefficient (Wildman–Crippen LogP) is 5.48.